The van der Waals surface area contributed by atoms with Crippen LogP contribution in [0.3, 0.4) is 0 Å². The molecule has 0 unspecified atom stereocenters. The second-order valence-electron chi connectivity index (χ2n) is 2.05. The van der Waals surface area contributed by atoms with Crippen molar-refractivity contribution in [3.8, 4) is 0 Å². The average molecular weight is 155 g/mol. The van der Waals surface area contributed by atoms with Crippen LogP contribution in [0.1, 0.15) is 18.6 Å². The summed E-state index contributed by atoms with van der Waals surface area (Å²) in [5.74, 6) is 0. The van der Waals surface area contributed by atoms with Gasteiger partial charge in [-0.1, -0.05) is 12.1 Å². The molecule has 11 heavy (non-hydrogen) atoms. The molecule has 0 aliphatic carbocycles. The van der Waals surface area contributed by atoms with Crippen molar-refractivity contribution in [1.29, 1.82) is 0 Å². The van der Waals surface area contributed by atoms with Gasteiger partial charge in [0.25, 0.3) is 0 Å². The molecule has 0 spiro atoms. The predicted molar refractivity (Wildman–Crippen MR) is 46.2 cm³/mol. The van der Waals surface area contributed by atoms with Crippen molar-refractivity contribution in [3.05, 3.63) is 29.8 Å². The molecule has 1 rings (SSSR count). The van der Waals surface area contributed by atoms with Crippen LogP contribution >= 0.6 is 0 Å². The third kappa shape index (κ3) is 1.80. The number of carbonyl (C=O) groups excluding carboxylic acids is 1. The van der Waals surface area contributed by atoms with Gasteiger partial charge in [0.15, 0.2) is 0 Å². The van der Waals surface area contributed by atoms with Gasteiger partial charge in [0.1, 0.15) is 6.29 Å². The molecule has 0 aliphatic rings. The minimum Gasteiger partial charge on any atom is -0.378 e. The van der Waals surface area contributed by atoms with Gasteiger partial charge in [0.2, 0.25) is 0 Å². The van der Waals surface area contributed by atoms with E-state index in [1.54, 1.807) is 0 Å². The van der Waals surface area contributed by atoms with Crippen molar-refractivity contribution < 1.29 is 13.0 Å². The molecule has 1 aromatic carbocycles. The van der Waals surface area contributed by atoms with E-state index in [0.717, 1.165) is 0 Å². The van der Waals surface area contributed by atoms with E-state index in [-0.39, 0.29) is 11.3 Å². The van der Waals surface area contributed by atoms with Crippen LogP contribution in [0.25, 0.3) is 0 Å². The number of anilines is 1. The Hall–Kier alpha value is -1.31. The zero-order valence-corrected chi connectivity index (χ0v) is 5.74. The Balaban J connectivity index is 3.27. The first-order valence-electron chi connectivity index (χ1n) is 6.02. The molecule has 0 aromatic heterocycles. The largest absolute Gasteiger partial charge is 0.378 e. The quantitative estimate of drug-likeness (QED) is 0.604. The summed E-state index contributed by atoms with van der Waals surface area (Å²) in [6.45, 7) is -5.60. The van der Waals surface area contributed by atoms with Crippen LogP contribution in [0.15, 0.2) is 24.3 Å². The fourth-order valence-corrected chi connectivity index (χ4v) is 0.737. The van der Waals surface area contributed by atoms with E-state index >= 15 is 0 Å². The number of aldehydes is 1. The number of rotatable bonds is 2. The molecule has 2 heteroatoms. The van der Waals surface area contributed by atoms with Crippen LogP contribution < -0.4 is 4.90 Å². The molecule has 0 aliphatic heterocycles. The summed E-state index contributed by atoms with van der Waals surface area (Å²) in [7, 11) is 0. The van der Waals surface area contributed by atoms with Crippen LogP contribution in [-0.2, 0) is 0 Å². The van der Waals surface area contributed by atoms with Gasteiger partial charge < -0.3 is 4.90 Å². The van der Waals surface area contributed by atoms with Crippen LogP contribution in [0.2, 0.25) is 0 Å². The van der Waals surface area contributed by atoms with E-state index in [1.807, 2.05) is 0 Å². The van der Waals surface area contributed by atoms with Crippen molar-refractivity contribution >= 4 is 12.0 Å². The minimum absolute atomic E-state index is 0.0328. The number of carbonyl (C=O) groups is 1. The van der Waals surface area contributed by atoms with Crippen molar-refractivity contribution in [2.75, 3.05) is 18.9 Å². The lowest BCUT2D eigenvalue weighted by Gasteiger charge is -2.11. The van der Waals surface area contributed by atoms with E-state index in [4.69, 9.17) is 8.22 Å². The second-order valence-corrected chi connectivity index (χ2v) is 2.05. The van der Waals surface area contributed by atoms with Gasteiger partial charge in [-0.25, -0.2) is 0 Å². The lowest BCUT2D eigenvalue weighted by atomic mass is 10.2. The van der Waals surface area contributed by atoms with E-state index in [1.165, 1.54) is 24.3 Å². The van der Waals surface area contributed by atoms with E-state index in [9.17, 15) is 4.79 Å². The summed E-state index contributed by atoms with van der Waals surface area (Å²) < 4.78 is 43.3. The standard InChI is InChI=1S/C9H11NO/c1-10(2)9-5-3-4-8(6-9)7-11/h3-7H,1-2H3/i1D3,2D3. The highest BCUT2D eigenvalue weighted by Crippen LogP contribution is 2.11. The number of nitrogens with zero attached hydrogens (tertiary/aromatic N) is 1. The Bertz CT molecular complexity index is 397. The molecule has 0 atom stereocenters. The zero-order valence-electron chi connectivity index (χ0n) is 11.7. The van der Waals surface area contributed by atoms with Crippen LogP contribution in [0.5, 0.6) is 0 Å². The maximum absolute atomic E-state index is 10.6. The lowest BCUT2D eigenvalue weighted by molar-refractivity contribution is 0.112. The van der Waals surface area contributed by atoms with Crippen molar-refractivity contribution in [2.24, 2.45) is 0 Å². The molecule has 0 fully saturated rings. The molecule has 0 amide bonds. The molecule has 58 valence electrons. The topological polar surface area (TPSA) is 20.3 Å². The summed E-state index contributed by atoms with van der Waals surface area (Å²) >= 11 is 0. The summed E-state index contributed by atoms with van der Waals surface area (Å²) in [4.78, 5) is 10.9. The molecular formula is C9H11NO. The molecule has 0 saturated heterocycles. The van der Waals surface area contributed by atoms with Crippen molar-refractivity contribution in [3.63, 3.8) is 0 Å². The van der Waals surface area contributed by atoms with E-state index in [0.29, 0.717) is 11.2 Å². The molecule has 0 heterocycles. The van der Waals surface area contributed by atoms with Gasteiger partial charge in [0.05, 0.1) is 0 Å². The monoisotopic (exact) mass is 155 g/mol. The lowest BCUT2D eigenvalue weighted by Crippen LogP contribution is -2.08. The summed E-state index contributed by atoms with van der Waals surface area (Å²) in [5.41, 5.74) is 0.190. The Kier molecular flexibility index (Phi) is 0.862. The second kappa shape index (κ2) is 3.19. The zero-order chi connectivity index (χ0) is 13.3. The highest BCUT2D eigenvalue weighted by Gasteiger charge is 1.94. The highest BCUT2D eigenvalue weighted by atomic mass is 16.1. The Morgan fingerprint density at radius 2 is 2.36 bits per heavy atom. The van der Waals surface area contributed by atoms with E-state index < -0.39 is 14.0 Å². The normalized spacial score (nSPS) is 19.6. The minimum atomic E-state index is -2.80. The molecule has 0 radical (unpaired) electrons. The smallest absolute Gasteiger partial charge is 0.150 e. The maximum atomic E-state index is 10.6. The van der Waals surface area contributed by atoms with Crippen molar-refractivity contribution in [2.45, 2.75) is 0 Å². The first kappa shape index (κ1) is 2.97. The van der Waals surface area contributed by atoms with E-state index in [2.05, 4.69) is 0 Å². The molecule has 1 aromatic rings. The highest BCUT2D eigenvalue weighted by molar-refractivity contribution is 5.76. The molecule has 2 nitrogen and oxygen atoms in total. The predicted octanol–water partition coefficient (Wildman–Crippen LogP) is 1.57. The Labute approximate surface area is 74.9 Å². The van der Waals surface area contributed by atoms with Gasteiger partial charge in [-0.05, 0) is 12.1 Å². The van der Waals surface area contributed by atoms with Crippen LogP contribution in [0.4, 0.5) is 5.69 Å². The average Bonchev–Trinajstić information content (AvgIpc) is 2.13. The summed E-state index contributed by atoms with van der Waals surface area (Å²) in [6, 6.07) is 5.47. The van der Waals surface area contributed by atoms with Crippen molar-refractivity contribution in [1.82, 2.24) is 0 Å². The van der Waals surface area contributed by atoms with Crippen LogP contribution in [-0.4, -0.2) is 20.2 Å². The number of hydrogen-bond acceptors (Lipinski definition) is 2. The molecule has 0 saturated carbocycles. The van der Waals surface area contributed by atoms with Gasteiger partial charge in [-0.2, -0.15) is 0 Å². The molecular weight excluding hydrogens is 138 g/mol. The van der Waals surface area contributed by atoms with Gasteiger partial charge in [0, 0.05) is 33.4 Å². The summed E-state index contributed by atoms with van der Waals surface area (Å²) in [6.07, 6.45) is 0.528. The third-order valence-electron chi connectivity index (χ3n) is 1.26. The first-order chi connectivity index (χ1) is 7.66. The van der Waals surface area contributed by atoms with Crippen LogP contribution in [0, 0.1) is 0 Å². The first-order valence-corrected chi connectivity index (χ1v) is 3.02. The third-order valence-corrected chi connectivity index (χ3v) is 1.26. The Morgan fingerprint density at radius 1 is 1.55 bits per heavy atom. The van der Waals surface area contributed by atoms with Gasteiger partial charge in [-0.15, -0.1) is 0 Å². The van der Waals surface area contributed by atoms with Gasteiger partial charge >= 0.3 is 0 Å². The van der Waals surface area contributed by atoms with Gasteiger partial charge in [-0.3, -0.25) is 4.79 Å². The maximum Gasteiger partial charge on any atom is 0.150 e. The fraction of sp³-hybridized carbons (Fsp3) is 0.222. The molecule has 0 bridgehead atoms. The fourth-order valence-electron chi connectivity index (χ4n) is 0.737. The SMILES string of the molecule is [2H]C([2H])([2H])N(c1cccc(C=O)c1)C([2H])([2H])[2H]. The molecule has 0 N–H and O–H groups in total. The Morgan fingerprint density at radius 3 is 3.00 bits per heavy atom. The number of benzene rings is 1. The number of hydrogen-bond donors (Lipinski definition) is 0. The summed E-state index contributed by atoms with van der Waals surface area (Å²) in [5, 5.41) is 0.